The monoisotopic (exact) mass is 280 g/mol. The van der Waals surface area contributed by atoms with Crippen molar-refractivity contribution in [3.8, 4) is 0 Å². The van der Waals surface area contributed by atoms with Crippen LogP contribution in [0.1, 0.15) is 31.0 Å². The second-order valence-corrected chi connectivity index (χ2v) is 4.85. The van der Waals surface area contributed by atoms with Gasteiger partial charge in [0, 0.05) is 25.4 Å². The zero-order chi connectivity index (χ0) is 13.8. The molecule has 100 valence electrons. The van der Waals surface area contributed by atoms with E-state index in [1.54, 1.807) is 13.1 Å². The van der Waals surface area contributed by atoms with Gasteiger partial charge in [0.2, 0.25) is 0 Å². The highest BCUT2D eigenvalue weighted by molar-refractivity contribution is 7.13. The molecule has 2 aromatic rings. The molecular weight excluding hydrogens is 268 g/mol. The number of carbonyl (C=O) groups is 2. The molecule has 0 atom stereocenters. The summed E-state index contributed by atoms with van der Waals surface area (Å²) in [6.07, 6.45) is 3.56. The molecule has 0 unspecified atom stereocenters. The van der Waals surface area contributed by atoms with Crippen molar-refractivity contribution < 1.29 is 14.7 Å². The topological polar surface area (TPSA) is 108 Å². The van der Waals surface area contributed by atoms with Gasteiger partial charge in [-0.15, -0.1) is 11.3 Å². The number of H-pyrrole nitrogens is 1. The minimum atomic E-state index is -0.971. The number of thiazole rings is 1. The Morgan fingerprint density at radius 1 is 1.53 bits per heavy atom. The maximum absolute atomic E-state index is 11.6. The Morgan fingerprint density at radius 2 is 2.32 bits per heavy atom. The average molecular weight is 280 g/mol. The van der Waals surface area contributed by atoms with E-state index in [1.165, 1.54) is 6.20 Å². The summed E-state index contributed by atoms with van der Waals surface area (Å²) >= 11 is 1.13. The Kier molecular flexibility index (Phi) is 3.91. The van der Waals surface area contributed by atoms with Crippen LogP contribution in [0.5, 0.6) is 0 Å². The number of aryl methyl sites for hydroxylation is 1. The molecule has 0 saturated carbocycles. The first kappa shape index (κ1) is 13.2. The summed E-state index contributed by atoms with van der Waals surface area (Å²) in [5, 5.41) is 12.3. The normalized spacial score (nSPS) is 10.4. The van der Waals surface area contributed by atoms with Crippen molar-refractivity contribution in [3.63, 3.8) is 0 Å². The first-order valence-corrected chi connectivity index (χ1v) is 6.36. The fourth-order valence-corrected chi connectivity index (χ4v) is 2.42. The number of amides is 1. The van der Waals surface area contributed by atoms with Crippen molar-refractivity contribution in [2.45, 2.75) is 13.3 Å². The van der Waals surface area contributed by atoms with Crippen molar-refractivity contribution in [2.75, 3.05) is 6.54 Å². The van der Waals surface area contributed by atoms with Crippen LogP contribution in [-0.4, -0.2) is 38.5 Å². The van der Waals surface area contributed by atoms with Gasteiger partial charge in [-0.3, -0.25) is 4.79 Å². The van der Waals surface area contributed by atoms with Crippen LogP contribution in [0.3, 0.4) is 0 Å². The molecule has 2 heterocycles. The minimum absolute atomic E-state index is 0.243. The van der Waals surface area contributed by atoms with E-state index in [0.29, 0.717) is 23.7 Å². The second kappa shape index (κ2) is 5.61. The van der Waals surface area contributed by atoms with Gasteiger partial charge < -0.3 is 15.4 Å². The molecule has 0 spiro atoms. The van der Waals surface area contributed by atoms with E-state index in [0.717, 1.165) is 11.3 Å². The van der Waals surface area contributed by atoms with Gasteiger partial charge in [-0.25, -0.2) is 14.8 Å². The summed E-state index contributed by atoms with van der Waals surface area (Å²) < 4.78 is 0. The van der Waals surface area contributed by atoms with Crippen LogP contribution in [0.2, 0.25) is 0 Å². The molecule has 0 aliphatic heterocycles. The number of imidazole rings is 1. The van der Waals surface area contributed by atoms with Crippen molar-refractivity contribution >= 4 is 23.2 Å². The molecule has 8 heteroatoms. The lowest BCUT2D eigenvalue weighted by Crippen LogP contribution is -2.26. The van der Waals surface area contributed by atoms with E-state index in [1.807, 2.05) is 0 Å². The lowest BCUT2D eigenvalue weighted by Gasteiger charge is -2.00. The maximum Gasteiger partial charge on any atom is 0.347 e. The Labute approximate surface area is 112 Å². The number of nitrogens with one attached hydrogen (secondary N) is 2. The zero-order valence-corrected chi connectivity index (χ0v) is 11.0. The number of aromatic nitrogens is 3. The van der Waals surface area contributed by atoms with Gasteiger partial charge in [0.15, 0.2) is 5.82 Å². The number of carboxylic acid groups (broad SMARTS) is 1. The van der Waals surface area contributed by atoms with Crippen molar-refractivity contribution in [2.24, 2.45) is 0 Å². The molecule has 2 rings (SSSR count). The third kappa shape index (κ3) is 3.16. The van der Waals surface area contributed by atoms with Crippen LogP contribution >= 0.6 is 11.3 Å². The van der Waals surface area contributed by atoms with Crippen LogP contribution in [-0.2, 0) is 6.42 Å². The smallest absolute Gasteiger partial charge is 0.347 e. The molecule has 1 amide bonds. The SMILES string of the molecule is Cc1nc(CCNC(=O)c2ncc[nH]2)sc1C(=O)O. The number of nitrogens with zero attached hydrogens (tertiary/aromatic N) is 2. The highest BCUT2D eigenvalue weighted by Gasteiger charge is 2.14. The highest BCUT2D eigenvalue weighted by atomic mass is 32.1. The zero-order valence-electron chi connectivity index (χ0n) is 10.1. The van der Waals surface area contributed by atoms with E-state index in [2.05, 4.69) is 20.3 Å². The molecule has 0 aliphatic rings. The fraction of sp³-hybridized carbons (Fsp3) is 0.273. The fourth-order valence-electron chi connectivity index (χ4n) is 1.51. The van der Waals surface area contributed by atoms with Crippen molar-refractivity contribution in [3.05, 3.63) is 33.8 Å². The number of aromatic carboxylic acids is 1. The summed E-state index contributed by atoms with van der Waals surface area (Å²) in [6.45, 7) is 2.04. The Bertz CT molecular complexity index is 591. The minimum Gasteiger partial charge on any atom is -0.477 e. The van der Waals surface area contributed by atoms with Gasteiger partial charge in [-0.05, 0) is 6.92 Å². The lowest BCUT2D eigenvalue weighted by atomic mass is 10.4. The average Bonchev–Trinajstić information content (AvgIpc) is 2.98. The molecule has 3 N–H and O–H groups in total. The molecule has 7 nitrogen and oxygen atoms in total. The largest absolute Gasteiger partial charge is 0.477 e. The summed E-state index contributed by atoms with van der Waals surface area (Å²) in [5.74, 6) is -1.01. The molecule has 0 aliphatic carbocycles. The molecule has 0 radical (unpaired) electrons. The predicted molar refractivity (Wildman–Crippen MR) is 68.4 cm³/mol. The van der Waals surface area contributed by atoms with Gasteiger partial charge in [-0.2, -0.15) is 0 Å². The molecule has 0 fully saturated rings. The first-order chi connectivity index (χ1) is 9.08. The Balaban J connectivity index is 1.88. The van der Waals surface area contributed by atoms with E-state index in [4.69, 9.17) is 5.11 Å². The van der Waals surface area contributed by atoms with E-state index < -0.39 is 5.97 Å². The van der Waals surface area contributed by atoms with Crippen LogP contribution < -0.4 is 5.32 Å². The van der Waals surface area contributed by atoms with Crippen LogP contribution in [0.15, 0.2) is 12.4 Å². The van der Waals surface area contributed by atoms with Gasteiger partial charge in [-0.1, -0.05) is 0 Å². The summed E-state index contributed by atoms with van der Waals surface area (Å²) in [5.41, 5.74) is 0.505. The van der Waals surface area contributed by atoms with Gasteiger partial charge in [0.1, 0.15) is 4.88 Å². The number of hydrogen-bond donors (Lipinski definition) is 3. The van der Waals surface area contributed by atoms with E-state index >= 15 is 0 Å². The summed E-state index contributed by atoms with van der Waals surface area (Å²) in [7, 11) is 0. The predicted octanol–water partition coefficient (Wildman–Crippen LogP) is 0.845. The molecule has 2 aromatic heterocycles. The third-order valence-electron chi connectivity index (χ3n) is 2.37. The van der Waals surface area contributed by atoms with E-state index in [-0.39, 0.29) is 16.6 Å². The number of aromatic amines is 1. The second-order valence-electron chi connectivity index (χ2n) is 3.77. The van der Waals surface area contributed by atoms with Crippen molar-refractivity contribution in [1.29, 1.82) is 0 Å². The molecule has 0 saturated heterocycles. The Hall–Kier alpha value is -2.22. The number of rotatable bonds is 5. The van der Waals surface area contributed by atoms with Crippen LogP contribution in [0, 0.1) is 6.92 Å². The van der Waals surface area contributed by atoms with Gasteiger partial charge >= 0.3 is 5.97 Å². The lowest BCUT2D eigenvalue weighted by molar-refractivity contribution is 0.0701. The summed E-state index contributed by atoms with van der Waals surface area (Å²) in [6, 6.07) is 0. The third-order valence-corrected chi connectivity index (χ3v) is 3.58. The van der Waals surface area contributed by atoms with Crippen LogP contribution in [0.25, 0.3) is 0 Å². The maximum atomic E-state index is 11.6. The standard InChI is InChI=1S/C11H12N4O3S/c1-6-8(11(17)18)19-7(15-6)2-3-14-10(16)9-12-4-5-13-9/h4-5H,2-3H2,1H3,(H,12,13)(H,14,16)(H,17,18). The van der Waals surface area contributed by atoms with E-state index in [9.17, 15) is 9.59 Å². The molecule has 0 bridgehead atoms. The molecule has 0 aromatic carbocycles. The highest BCUT2D eigenvalue weighted by Crippen LogP contribution is 2.18. The Morgan fingerprint density at radius 3 is 2.89 bits per heavy atom. The van der Waals surface area contributed by atoms with Crippen LogP contribution in [0.4, 0.5) is 0 Å². The quantitative estimate of drug-likeness (QED) is 0.752. The number of carbonyl (C=O) groups excluding carboxylic acids is 1. The summed E-state index contributed by atoms with van der Waals surface area (Å²) in [4.78, 5) is 33.3. The first-order valence-electron chi connectivity index (χ1n) is 5.55. The van der Waals surface area contributed by atoms with Gasteiger partial charge in [0.05, 0.1) is 10.7 Å². The van der Waals surface area contributed by atoms with Gasteiger partial charge in [0.25, 0.3) is 5.91 Å². The number of carboxylic acids is 1. The molecule has 19 heavy (non-hydrogen) atoms. The molecular formula is C11H12N4O3S. The number of hydrogen-bond acceptors (Lipinski definition) is 5. The van der Waals surface area contributed by atoms with Crippen molar-refractivity contribution in [1.82, 2.24) is 20.3 Å².